The number of nitrogens with zero attached hydrogens (tertiary/aromatic N) is 2. The van der Waals surface area contributed by atoms with Gasteiger partial charge in [0.2, 0.25) is 5.84 Å². The van der Waals surface area contributed by atoms with Crippen molar-refractivity contribution in [2.75, 3.05) is 25.1 Å². The van der Waals surface area contributed by atoms with Gasteiger partial charge in [0.25, 0.3) is 0 Å². The number of para-hydroxylation sites is 1. The maximum atomic E-state index is 12.0. The van der Waals surface area contributed by atoms with Crippen molar-refractivity contribution in [3.8, 4) is 0 Å². The Morgan fingerprint density at radius 2 is 1.95 bits per heavy atom. The Morgan fingerprint density at radius 3 is 2.60 bits per heavy atom. The number of amidine groups is 1. The normalized spacial score (nSPS) is 15.8. The molecule has 1 fully saturated rings. The Bertz CT molecular complexity index is 453. The van der Waals surface area contributed by atoms with E-state index in [2.05, 4.69) is 10.5 Å². The van der Waals surface area contributed by atoms with E-state index in [-0.39, 0.29) is 5.97 Å². The molecule has 1 aliphatic heterocycles. The van der Waals surface area contributed by atoms with Crippen molar-refractivity contribution in [3.05, 3.63) is 30.3 Å². The quantitative estimate of drug-likeness (QED) is 0.398. The Morgan fingerprint density at radius 1 is 1.25 bits per heavy atom. The van der Waals surface area contributed by atoms with E-state index in [4.69, 9.17) is 4.74 Å². The van der Waals surface area contributed by atoms with E-state index in [0.29, 0.717) is 12.4 Å². The van der Waals surface area contributed by atoms with Crippen molar-refractivity contribution in [1.82, 2.24) is 4.90 Å². The summed E-state index contributed by atoms with van der Waals surface area (Å²) in [7, 11) is 0. The number of rotatable bonds is 3. The number of carbonyl (C=O) groups is 1. The van der Waals surface area contributed by atoms with Gasteiger partial charge in [0, 0.05) is 13.1 Å². The fraction of sp³-hybridized carbons (Fsp3) is 0.467. The number of ether oxygens (including phenoxy) is 1. The van der Waals surface area contributed by atoms with E-state index in [0.717, 1.165) is 31.6 Å². The molecule has 5 nitrogen and oxygen atoms in total. The van der Waals surface area contributed by atoms with E-state index in [1.54, 1.807) is 6.92 Å². The molecule has 0 radical (unpaired) electrons. The van der Waals surface area contributed by atoms with Crippen molar-refractivity contribution in [2.24, 2.45) is 5.10 Å². The van der Waals surface area contributed by atoms with Gasteiger partial charge in [0.1, 0.15) is 0 Å². The predicted molar refractivity (Wildman–Crippen MR) is 79.6 cm³/mol. The van der Waals surface area contributed by atoms with Crippen LogP contribution >= 0.6 is 0 Å². The number of esters is 1. The molecule has 0 bridgehead atoms. The average molecular weight is 275 g/mol. The van der Waals surface area contributed by atoms with Gasteiger partial charge < -0.3 is 9.64 Å². The maximum absolute atomic E-state index is 12.0. The summed E-state index contributed by atoms with van der Waals surface area (Å²) in [5, 5.41) is 4.25. The van der Waals surface area contributed by atoms with Gasteiger partial charge in [-0.25, -0.2) is 4.79 Å². The molecular formula is C15H21N3O2. The smallest absolute Gasteiger partial charge is 0.375 e. The molecule has 20 heavy (non-hydrogen) atoms. The second-order valence-corrected chi connectivity index (χ2v) is 4.68. The summed E-state index contributed by atoms with van der Waals surface area (Å²) in [6.45, 7) is 3.87. The average Bonchev–Trinajstić information content (AvgIpc) is 2.50. The van der Waals surface area contributed by atoms with E-state index in [1.165, 1.54) is 6.42 Å². The second-order valence-electron chi connectivity index (χ2n) is 4.68. The van der Waals surface area contributed by atoms with Gasteiger partial charge in [0.05, 0.1) is 12.3 Å². The fourth-order valence-electron chi connectivity index (χ4n) is 2.18. The van der Waals surface area contributed by atoms with Gasteiger partial charge in [-0.2, -0.15) is 0 Å². The highest BCUT2D eigenvalue weighted by molar-refractivity contribution is 6.35. The molecule has 1 aromatic carbocycles. The first kappa shape index (κ1) is 14.4. The largest absolute Gasteiger partial charge is 0.460 e. The van der Waals surface area contributed by atoms with Crippen LogP contribution in [-0.4, -0.2) is 36.4 Å². The third-order valence-corrected chi connectivity index (χ3v) is 3.18. The van der Waals surface area contributed by atoms with Gasteiger partial charge in [-0.05, 0) is 38.3 Å². The predicted octanol–water partition coefficient (Wildman–Crippen LogP) is 2.46. The monoisotopic (exact) mass is 275 g/mol. The van der Waals surface area contributed by atoms with E-state index in [1.807, 2.05) is 35.2 Å². The van der Waals surface area contributed by atoms with Crippen LogP contribution < -0.4 is 5.43 Å². The topological polar surface area (TPSA) is 53.9 Å². The first-order valence-corrected chi connectivity index (χ1v) is 7.12. The molecule has 0 spiro atoms. The number of benzene rings is 1. The third kappa shape index (κ3) is 3.98. The number of hydrogen-bond donors (Lipinski definition) is 1. The molecule has 0 atom stereocenters. The molecular weight excluding hydrogens is 254 g/mol. The summed E-state index contributed by atoms with van der Waals surface area (Å²) >= 11 is 0. The van der Waals surface area contributed by atoms with E-state index in [9.17, 15) is 4.79 Å². The third-order valence-electron chi connectivity index (χ3n) is 3.18. The van der Waals surface area contributed by atoms with Crippen LogP contribution in [0.5, 0.6) is 0 Å². The van der Waals surface area contributed by atoms with Crippen LogP contribution in [0.4, 0.5) is 5.69 Å². The van der Waals surface area contributed by atoms with Crippen LogP contribution in [0.15, 0.2) is 35.4 Å². The number of likely N-dealkylation sites (tertiary alicyclic amines) is 1. The maximum Gasteiger partial charge on any atom is 0.375 e. The molecule has 0 saturated carbocycles. The number of carbonyl (C=O) groups excluding carboxylic acids is 1. The van der Waals surface area contributed by atoms with Gasteiger partial charge in [0.15, 0.2) is 0 Å². The Labute approximate surface area is 119 Å². The SMILES string of the molecule is CCOC(=O)/C(=N\Nc1ccccc1)N1CCCCC1. The zero-order valence-corrected chi connectivity index (χ0v) is 11.8. The van der Waals surface area contributed by atoms with Gasteiger partial charge in [-0.15, -0.1) is 5.10 Å². The molecule has 1 aliphatic rings. The minimum absolute atomic E-state index is 0.358. The first-order valence-electron chi connectivity index (χ1n) is 7.12. The standard InChI is InChI=1S/C15H21N3O2/c1-2-20-15(19)14(18-11-7-4-8-12-18)17-16-13-9-5-3-6-10-13/h3,5-6,9-10,16H,2,4,7-8,11-12H2,1H3/b17-14+. The molecule has 0 aliphatic carbocycles. The van der Waals surface area contributed by atoms with Crippen LogP contribution in [-0.2, 0) is 9.53 Å². The molecule has 1 heterocycles. The summed E-state index contributed by atoms with van der Waals surface area (Å²) in [6, 6.07) is 9.59. The van der Waals surface area contributed by atoms with Crippen LogP contribution in [0, 0.1) is 0 Å². The van der Waals surface area contributed by atoms with Crippen LogP contribution in [0.2, 0.25) is 0 Å². The molecule has 0 amide bonds. The Kier molecular flexibility index (Phi) is 5.41. The van der Waals surface area contributed by atoms with Crippen molar-refractivity contribution < 1.29 is 9.53 Å². The van der Waals surface area contributed by atoms with Crippen molar-refractivity contribution in [3.63, 3.8) is 0 Å². The molecule has 1 saturated heterocycles. The molecule has 1 aromatic rings. The molecule has 108 valence electrons. The minimum Gasteiger partial charge on any atom is -0.460 e. The summed E-state index contributed by atoms with van der Waals surface area (Å²) in [6.07, 6.45) is 3.38. The molecule has 2 rings (SSSR count). The van der Waals surface area contributed by atoms with Crippen LogP contribution in [0.1, 0.15) is 26.2 Å². The first-order chi connectivity index (χ1) is 9.81. The highest BCUT2D eigenvalue weighted by atomic mass is 16.5. The lowest BCUT2D eigenvalue weighted by Gasteiger charge is -2.28. The Hall–Kier alpha value is -2.04. The summed E-state index contributed by atoms with van der Waals surface area (Å²) in [5.74, 6) is 0.00762. The van der Waals surface area contributed by atoms with Gasteiger partial charge in [-0.1, -0.05) is 18.2 Å². The van der Waals surface area contributed by atoms with Crippen LogP contribution in [0.25, 0.3) is 0 Å². The van der Waals surface area contributed by atoms with Crippen molar-refractivity contribution in [1.29, 1.82) is 0 Å². The Balaban J connectivity index is 2.10. The highest BCUT2D eigenvalue weighted by Crippen LogP contribution is 2.11. The van der Waals surface area contributed by atoms with Gasteiger partial charge in [-0.3, -0.25) is 5.43 Å². The molecule has 0 aromatic heterocycles. The number of hydrogen-bond acceptors (Lipinski definition) is 4. The van der Waals surface area contributed by atoms with E-state index < -0.39 is 0 Å². The lowest BCUT2D eigenvalue weighted by Crippen LogP contribution is -2.41. The summed E-state index contributed by atoms with van der Waals surface area (Å²) < 4.78 is 5.09. The van der Waals surface area contributed by atoms with Crippen molar-refractivity contribution >= 4 is 17.5 Å². The lowest BCUT2D eigenvalue weighted by molar-refractivity contribution is -0.136. The zero-order valence-electron chi connectivity index (χ0n) is 11.8. The van der Waals surface area contributed by atoms with Crippen LogP contribution in [0.3, 0.4) is 0 Å². The van der Waals surface area contributed by atoms with Crippen molar-refractivity contribution in [2.45, 2.75) is 26.2 Å². The summed E-state index contributed by atoms with van der Waals surface area (Å²) in [5.41, 5.74) is 3.78. The number of anilines is 1. The molecule has 0 unspecified atom stereocenters. The van der Waals surface area contributed by atoms with E-state index >= 15 is 0 Å². The lowest BCUT2D eigenvalue weighted by atomic mass is 10.1. The minimum atomic E-state index is -0.363. The molecule has 5 heteroatoms. The fourth-order valence-corrected chi connectivity index (χ4v) is 2.18. The zero-order chi connectivity index (χ0) is 14.2. The summed E-state index contributed by atoms with van der Waals surface area (Å²) in [4.78, 5) is 14.0. The van der Waals surface area contributed by atoms with Gasteiger partial charge >= 0.3 is 5.97 Å². The molecule has 1 N–H and O–H groups in total. The number of hydrazone groups is 1. The highest BCUT2D eigenvalue weighted by Gasteiger charge is 2.22. The number of piperidine rings is 1. The number of nitrogens with one attached hydrogen (secondary N) is 1. The second kappa shape index (κ2) is 7.53.